The van der Waals surface area contributed by atoms with Gasteiger partial charge in [-0.15, -0.1) is 0 Å². The Morgan fingerprint density at radius 1 is 0.351 bits per heavy atom. The summed E-state index contributed by atoms with van der Waals surface area (Å²) in [5.41, 5.74) is 11.6. The predicted molar refractivity (Wildman–Crippen MR) is 323 cm³/mol. The topological polar surface area (TPSA) is 36.9 Å². The van der Waals surface area contributed by atoms with Gasteiger partial charge in [0.25, 0.3) is 8.38 Å². The van der Waals surface area contributed by atoms with Gasteiger partial charge >= 0.3 is 8.38 Å². The van der Waals surface area contributed by atoms with Crippen LogP contribution in [0.3, 0.4) is 0 Å². The van der Waals surface area contributed by atoms with E-state index in [0.717, 1.165) is 40.3 Å². The van der Waals surface area contributed by atoms with Crippen LogP contribution >= 0.6 is 16.8 Å². The molecular weight excluding hydrogens is 943 g/mol. The lowest BCUT2D eigenvalue weighted by Crippen LogP contribution is -2.20. The summed E-state index contributed by atoms with van der Waals surface area (Å²) in [5, 5.41) is 1.01. The summed E-state index contributed by atoms with van der Waals surface area (Å²) in [6, 6.07) is 35.8. The first-order valence-corrected chi connectivity index (χ1v) is 29.5. The average molecular weight is 1040 g/mol. The quantitative estimate of drug-likeness (QED) is 0.124. The fourth-order valence-electron chi connectivity index (χ4n) is 9.05. The summed E-state index contributed by atoms with van der Waals surface area (Å²) in [6.45, 7) is 54.5. The van der Waals surface area contributed by atoms with Crippen LogP contribution < -0.4 is 23.4 Å². The summed E-state index contributed by atoms with van der Waals surface area (Å²) < 4.78 is 29.0. The minimum absolute atomic E-state index is 0.00142. The van der Waals surface area contributed by atoms with Gasteiger partial charge in [-0.05, 0) is 120 Å². The molecule has 0 saturated heterocycles. The zero-order chi connectivity index (χ0) is 55.4. The Morgan fingerprint density at radius 3 is 0.905 bits per heavy atom. The average Bonchev–Trinajstić information content (AvgIpc) is 3.26. The van der Waals surface area contributed by atoms with Crippen molar-refractivity contribution in [2.75, 3.05) is 0 Å². The van der Waals surface area contributed by atoms with Crippen molar-refractivity contribution in [1.82, 2.24) is 0 Å². The van der Waals surface area contributed by atoms with Crippen LogP contribution in [-0.4, -0.2) is 5.66 Å². The highest BCUT2D eigenvalue weighted by atomic mass is 31.2. The smallest absolute Gasteiger partial charge is 0.326 e. The second-order valence-corrected chi connectivity index (χ2v) is 32.1. The maximum atomic E-state index is 7.27. The molecule has 0 fully saturated rings. The SMILES string of the molecule is CC(C)(C)c1ccc(OP(Oc2ccc(C(C)(C)C)cc2C(C)(C)C)c2ccc(C3=CCC(P(Oc4ccc(C(C)(C)C)cc4C(C)(C)C)Oc4ccc(C(C)(C)C)cc4C(C)(C)C)C=C3)cc2)c(C(C)(C)C)c1. The van der Waals surface area contributed by atoms with E-state index in [0.29, 0.717) is 0 Å². The Kier molecular flexibility index (Phi) is 16.9. The number of allylic oxidation sites excluding steroid dienone is 4. The maximum Gasteiger partial charge on any atom is 0.326 e. The van der Waals surface area contributed by atoms with E-state index in [1.54, 1.807) is 0 Å². The van der Waals surface area contributed by atoms with Gasteiger partial charge in [0.15, 0.2) is 0 Å². The Bertz CT molecular complexity index is 2670. The van der Waals surface area contributed by atoms with Crippen LogP contribution in [0.25, 0.3) is 5.57 Å². The molecule has 1 aliphatic carbocycles. The third-order valence-corrected chi connectivity index (χ3v) is 17.2. The lowest BCUT2D eigenvalue weighted by atomic mass is 9.80. The normalized spacial score (nSPS) is 15.4. The van der Waals surface area contributed by atoms with Crippen LogP contribution in [0.15, 0.2) is 115 Å². The second-order valence-electron chi connectivity index (χ2n) is 29.1. The van der Waals surface area contributed by atoms with E-state index in [1.807, 2.05) is 0 Å². The van der Waals surface area contributed by atoms with Gasteiger partial charge in [0.05, 0.1) is 11.0 Å². The summed E-state index contributed by atoms with van der Waals surface area (Å²) in [5.74, 6) is 3.49. The zero-order valence-corrected chi connectivity index (χ0v) is 52.1. The van der Waals surface area contributed by atoms with Crippen LogP contribution in [0.2, 0.25) is 0 Å². The van der Waals surface area contributed by atoms with E-state index in [9.17, 15) is 0 Å². The fraction of sp³-hybridized carbons (Fsp3) is 0.500. The molecule has 1 unspecified atom stereocenters. The molecule has 0 bridgehead atoms. The maximum absolute atomic E-state index is 7.27. The van der Waals surface area contributed by atoms with E-state index in [1.165, 1.54) is 50.1 Å². The molecule has 0 amide bonds. The molecule has 6 rings (SSSR count). The molecule has 0 N–H and O–H groups in total. The van der Waals surface area contributed by atoms with Gasteiger partial charge in [0.1, 0.15) is 23.0 Å². The highest BCUT2D eigenvalue weighted by molar-refractivity contribution is 7.56. The van der Waals surface area contributed by atoms with Gasteiger partial charge in [-0.1, -0.05) is 245 Å². The van der Waals surface area contributed by atoms with E-state index < -0.39 is 16.8 Å². The van der Waals surface area contributed by atoms with Crippen molar-refractivity contribution < 1.29 is 18.1 Å². The second kappa shape index (κ2) is 21.2. The third-order valence-electron chi connectivity index (χ3n) is 14.1. The zero-order valence-electron chi connectivity index (χ0n) is 50.3. The Morgan fingerprint density at radius 2 is 0.649 bits per heavy atom. The Labute approximate surface area is 453 Å². The van der Waals surface area contributed by atoms with Crippen molar-refractivity contribution in [1.29, 1.82) is 0 Å². The first kappa shape index (κ1) is 58.9. The van der Waals surface area contributed by atoms with Crippen LogP contribution in [0.1, 0.15) is 223 Å². The lowest BCUT2D eigenvalue weighted by molar-refractivity contribution is 0.451. The van der Waals surface area contributed by atoms with Crippen molar-refractivity contribution >= 4 is 27.6 Å². The molecule has 0 aromatic heterocycles. The lowest BCUT2D eigenvalue weighted by Gasteiger charge is -2.32. The van der Waals surface area contributed by atoms with Crippen LogP contribution in [0.5, 0.6) is 23.0 Å². The number of hydrogen-bond donors (Lipinski definition) is 0. The molecule has 0 heterocycles. The Balaban J connectivity index is 1.38. The van der Waals surface area contributed by atoms with E-state index >= 15 is 0 Å². The first-order valence-electron chi connectivity index (χ1n) is 27.1. The fourth-order valence-corrected chi connectivity index (χ4v) is 11.9. The minimum atomic E-state index is -1.61. The van der Waals surface area contributed by atoms with Gasteiger partial charge in [0.2, 0.25) is 0 Å². The molecule has 1 aliphatic rings. The molecule has 74 heavy (non-hydrogen) atoms. The number of rotatable bonds is 11. The molecule has 5 aromatic rings. The largest absolute Gasteiger partial charge is 0.438 e. The molecule has 0 radical (unpaired) electrons. The highest BCUT2D eigenvalue weighted by Gasteiger charge is 2.34. The van der Waals surface area contributed by atoms with Gasteiger partial charge < -0.3 is 18.1 Å². The molecular formula is C68H94O4P2. The third kappa shape index (κ3) is 14.6. The van der Waals surface area contributed by atoms with Crippen molar-refractivity contribution in [2.24, 2.45) is 0 Å². The van der Waals surface area contributed by atoms with Gasteiger partial charge in [0, 0.05) is 22.3 Å². The number of hydrogen-bond acceptors (Lipinski definition) is 4. The molecule has 4 nitrogen and oxygen atoms in total. The summed E-state index contributed by atoms with van der Waals surface area (Å²) in [6.07, 6.45) is 7.71. The standard InChI is InChI=1S/C68H94O4P2/c1-61(2,3)47-29-37-57(53(41-47)65(13,14)15)69-73(70-58-38-30-48(62(4,5)6)42-54(58)66(16,17)18)51-33-25-45(26-34-51)46-27-35-52(36-28-46)74(71-59-39-31-49(63(7,8)9)43-55(59)67(19,20)21)72-60-40-32-50(64(10,11)12)44-56(60)68(22,23)24/h25-35,37-44,52H,36H2,1-24H3. The van der Waals surface area contributed by atoms with E-state index in [4.69, 9.17) is 18.1 Å². The van der Waals surface area contributed by atoms with Gasteiger partial charge in [-0.25, -0.2) is 0 Å². The molecule has 1 atom stereocenters. The van der Waals surface area contributed by atoms with E-state index in [-0.39, 0.29) is 49.0 Å². The Hall–Kier alpha value is -4.36. The minimum Gasteiger partial charge on any atom is -0.438 e. The summed E-state index contributed by atoms with van der Waals surface area (Å²) >= 11 is 0. The summed E-state index contributed by atoms with van der Waals surface area (Å²) in [7, 11) is -3.10. The molecule has 6 heteroatoms. The van der Waals surface area contributed by atoms with Crippen molar-refractivity contribution in [3.8, 4) is 23.0 Å². The van der Waals surface area contributed by atoms with Crippen LogP contribution in [0.4, 0.5) is 0 Å². The van der Waals surface area contributed by atoms with Crippen LogP contribution in [-0.2, 0) is 43.3 Å². The highest BCUT2D eigenvalue weighted by Crippen LogP contribution is 2.53. The molecule has 400 valence electrons. The van der Waals surface area contributed by atoms with E-state index in [2.05, 4.69) is 281 Å². The number of benzene rings is 5. The van der Waals surface area contributed by atoms with Crippen molar-refractivity contribution in [2.45, 2.75) is 222 Å². The van der Waals surface area contributed by atoms with Gasteiger partial charge in [-0.2, -0.15) is 0 Å². The molecule has 0 spiro atoms. The van der Waals surface area contributed by atoms with Crippen molar-refractivity contribution in [3.63, 3.8) is 0 Å². The first-order chi connectivity index (χ1) is 33.7. The molecule has 5 aromatic carbocycles. The molecule has 0 aliphatic heterocycles. The monoisotopic (exact) mass is 1040 g/mol. The van der Waals surface area contributed by atoms with Crippen molar-refractivity contribution in [3.05, 3.63) is 165 Å². The predicted octanol–water partition coefficient (Wildman–Crippen LogP) is 20.3. The summed E-state index contributed by atoms with van der Waals surface area (Å²) in [4.78, 5) is 0. The van der Waals surface area contributed by atoms with Gasteiger partial charge in [-0.3, -0.25) is 0 Å². The van der Waals surface area contributed by atoms with Crippen LogP contribution in [0, 0.1) is 0 Å². The molecule has 0 saturated carbocycles.